The van der Waals surface area contributed by atoms with Crippen molar-refractivity contribution in [2.45, 2.75) is 25.3 Å². The molecule has 0 aromatic carbocycles. The highest BCUT2D eigenvalue weighted by Crippen LogP contribution is 2.42. The Morgan fingerprint density at radius 3 is 2.73 bits per heavy atom. The molecule has 1 aliphatic heterocycles. The monoisotopic (exact) mass is 209 g/mol. The molecule has 2 aliphatic rings. The first-order valence-corrected chi connectivity index (χ1v) is 5.31. The Bertz CT molecular complexity index is 313. The van der Waals surface area contributed by atoms with Crippen LogP contribution in [0, 0.1) is 11.8 Å². The average Bonchev–Trinajstić information content (AvgIpc) is 2.73. The van der Waals surface area contributed by atoms with E-state index in [1.165, 1.54) is 11.0 Å². The summed E-state index contributed by atoms with van der Waals surface area (Å²) in [5.41, 5.74) is 0. The fourth-order valence-electron chi connectivity index (χ4n) is 2.97. The second-order valence-corrected chi connectivity index (χ2v) is 4.33. The Labute approximate surface area is 88.6 Å². The van der Waals surface area contributed by atoms with Gasteiger partial charge in [-0.1, -0.05) is 13.0 Å². The van der Waals surface area contributed by atoms with Gasteiger partial charge in [0.1, 0.15) is 6.04 Å². The van der Waals surface area contributed by atoms with E-state index in [2.05, 4.69) is 6.58 Å². The summed E-state index contributed by atoms with van der Waals surface area (Å²) in [7, 11) is 0. The number of fused-ring (bicyclic) bond motifs is 1. The molecule has 3 unspecified atom stereocenters. The lowest BCUT2D eigenvalue weighted by atomic mass is 9.94. The van der Waals surface area contributed by atoms with E-state index in [1.54, 1.807) is 0 Å². The Morgan fingerprint density at radius 2 is 2.13 bits per heavy atom. The number of likely N-dealkylation sites (tertiary alicyclic amines) is 1. The van der Waals surface area contributed by atoms with E-state index >= 15 is 0 Å². The Balaban J connectivity index is 2.22. The number of carbonyl (C=O) groups is 2. The van der Waals surface area contributed by atoms with Crippen molar-refractivity contribution in [2.24, 2.45) is 11.8 Å². The number of aliphatic carboxylic acids is 1. The summed E-state index contributed by atoms with van der Waals surface area (Å²) < 4.78 is 0. The van der Waals surface area contributed by atoms with Gasteiger partial charge in [0.15, 0.2) is 0 Å². The van der Waals surface area contributed by atoms with E-state index < -0.39 is 12.0 Å². The first kappa shape index (κ1) is 10.2. The molecule has 0 aromatic rings. The number of amides is 1. The van der Waals surface area contributed by atoms with Gasteiger partial charge in [0.25, 0.3) is 0 Å². The van der Waals surface area contributed by atoms with Gasteiger partial charge in [0.2, 0.25) is 5.91 Å². The molecule has 4 nitrogen and oxygen atoms in total. The lowest BCUT2D eigenvalue weighted by Gasteiger charge is -2.22. The molecule has 4 heteroatoms. The van der Waals surface area contributed by atoms with Gasteiger partial charge in [-0.05, 0) is 30.8 Å². The standard InChI is InChI=1S/C11H15NO3/c1-2-9(13)12-6-7-4-3-5-8(7)10(12)11(14)15/h2,7-8,10H,1,3-6H2,(H,14,15). The lowest BCUT2D eigenvalue weighted by molar-refractivity contribution is -0.148. The molecule has 3 atom stereocenters. The van der Waals surface area contributed by atoms with Crippen LogP contribution in [0.15, 0.2) is 12.7 Å². The summed E-state index contributed by atoms with van der Waals surface area (Å²) in [6.45, 7) is 4.00. The number of carboxylic acids is 1. The molecule has 15 heavy (non-hydrogen) atoms. The fraction of sp³-hybridized carbons (Fsp3) is 0.636. The number of carboxylic acid groups (broad SMARTS) is 1. The second-order valence-electron chi connectivity index (χ2n) is 4.33. The molecule has 2 rings (SSSR count). The number of nitrogens with zero attached hydrogens (tertiary/aromatic N) is 1. The minimum atomic E-state index is -0.875. The number of hydrogen-bond donors (Lipinski definition) is 1. The minimum Gasteiger partial charge on any atom is -0.480 e. The fourth-order valence-corrected chi connectivity index (χ4v) is 2.97. The predicted molar refractivity (Wildman–Crippen MR) is 54.2 cm³/mol. The molecule has 0 spiro atoms. The van der Waals surface area contributed by atoms with Crippen molar-refractivity contribution in [3.63, 3.8) is 0 Å². The Kier molecular flexibility index (Phi) is 2.50. The molecular formula is C11H15NO3. The van der Waals surface area contributed by atoms with Crippen LogP contribution in [0.25, 0.3) is 0 Å². The Morgan fingerprint density at radius 1 is 1.40 bits per heavy atom. The van der Waals surface area contributed by atoms with Gasteiger partial charge < -0.3 is 10.0 Å². The zero-order valence-corrected chi connectivity index (χ0v) is 8.56. The Hall–Kier alpha value is -1.32. The van der Waals surface area contributed by atoms with Crippen LogP contribution in [0.1, 0.15) is 19.3 Å². The molecule has 0 aromatic heterocycles. The van der Waals surface area contributed by atoms with Gasteiger partial charge in [-0.15, -0.1) is 0 Å². The quantitative estimate of drug-likeness (QED) is 0.687. The number of rotatable bonds is 2. The zero-order chi connectivity index (χ0) is 11.0. The number of carbonyl (C=O) groups excluding carboxylic acids is 1. The van der Waals surface area contributed by atoms with Crippen molar-refractivity contribution in [3.8, 4) is 0 Å². The van der Waals surface area contributed by atoms with Crippen LogP contribution >= 0.6 is 0 Å². The molecule has 1 amide bonds. The van der Waals surface area contributed by atoms with E-state index in [0.717, 1.165) is 19.3 Å². The summed E-state index contributed by atoms with van der Waals surface area (Å²) in [6.07, 6.45) is 4.28. The topological polar surface area (TPSA) is 57.6 Å². The van der Waals surface area contributed by atoms with Crippen LogP contribution in [0.2, 0.25) is 0 Å². The van der Waals surface area contributed by atoms with Crippen LogP contribution in [0.5, 0.6) is 0 Å². The molecule has 0 bridgehead atoms. The summed E-state index contributed by atoms with van der Waals surface area (Å²) in [5.74, 6) is -0.585. The first-order valence-electron chi connectivity index (χ1n) is 5.31. The van der Waals surface area contributed by atoms with Crippen LogP contribution in [0.3, 0.4) is 0 Å². The summed E-state index contributed by atoms with van der Waals surface area (Å²) in [4.78, 5) is 24.1. The van der Waals surface area contributed by atoms with E-state index in [4.69, 9.17) is 5.11 Å². The van der Waals surface area contributed by atoms with Crippen molar-refractivity contribution >= 4 is 11.9 Å². The molecule has 1 aliphatic carbocycles. The summed E-state index contributed by atoms with van der Waals surface area (Å²) in [6, 6.07) is -0.622. The molecule has 1 heterocycles. The van der Waals surface area contributed by atoms with Crippen molar-refractivity contribution in [2.75, 3.05) is 6.54 Å². The third kappa shape index (κ3) is 1.54. The second kappa shape index (κ2) is 3.68. The largest absolute Gasteiger partial charge is 0.480 e. The summed E-state index contributed by atoms with van der Waals surface area (Å²) in [5, 5.41) is 9.15. The van der Waals surface area contributed by atoms with E-state index in [9.17, 15) is 9.59 Å². The van der Waals surface area contributed by atoms with Gasteiger partial charge in [-0.2, -0.15) is 0 Å². The highest BCUT2D eigenvalue weighted by molar-refractivity contribution is 5.91. The molecule has 1 N–H and O–H groups in total. The van der Waals surface area contributed by atoms with E-state index in [-0.39, 0.29) is 11.8 Å². The highest BCUT2D eigenvalue weighted by atomic mass is 16.4. The molecule has 0 radical (unpaired) electrons. The normalized spacial score (nSPS) is 33.9. The van der Waals surface area contributed by atoms with Gasteiger partial charge in [0, 0.05) is 6.54 Å². The van der Waals surface area contributed by atoms with Gasteiger partial charge in [-0.3, -0.25) is 4.79 Å². The van der Waals surface area contributed by atoms with Crippen LogP contribution in [0.4, 0.5) is 0 Å². The maximum absolute atomic E-state index is 11.5. The SMILES string of the molecule is C=CC(=O)N1CC2CCCC2C1C(=O)O. The molecule has 1 saturated heterocycles. The predicted octanol–water partition coefficient (Wildman–Crippen LogP) is 0.884. The third-order valence-corrected chi connectivity index (χ3v) is 3.60. The van der Waals surface area contributed by atoms with Crippen molar-refractivity contribution < 1.29 is 14.7 Å². The van der Waals surface area contributed by atoms with Crippen molar-refractivity contribution in [1.29, 1.82) is 0 Å². The smallest absolute Gasteiger partial charge is 0.326 e. The lowest BCUT2D eigenvalue weighted by Crippen LogP contribution is -2.42. The van der Waals surface area contributed by atoms with Crippen LogP contribution < -0.4 is 0 Å². The van der Waals surface area contributed by atoms with Gasteiger partial charge >= 0.3 is 5.97 Å². The molecule has 1 saturated carbocycles. The average molecular weight is 209 g/mol. The van der Waals surface area contributed by atoms with Gasteiger partial charge in [0.05, 0.1) is 0 Å². The maximum atomic E-state index is 11.5. The first-order chi connectivity index (χ1) is 7.15. The summed E-state index contributed by atoms with van der Waals surface area (Å²) >= 11 is 0. The maximum Gasteiger partial charge on any atom is 0.326 e. The van der Waals surface area contributed by atoms with E-state index in [0.29, 0.717) is 12.5 Å². The van der Waals surface area contributed by atoms with Gasteiger partial charge in [-0.25, -0.2) is 4.79 Å². The van der Waals surface area contributed by atoms with Crippen molar-refractivity contribution in [1.82, 2.24) is 4.90 Å². The minimum absolute atomic E-state index is 0.159. The highest BCUT2D eigenvalue weighted by Gasteiger charge is 2.48. The zero-order valence-electron chi connectivity index (χ0n) is 8.56. The molecule has 82 valence electrons. The van der Waals surface area contributed by atoms with Crippen LogP contribution in [-0.4, -0.2) is 34.5 Å². The molecular weight excluding hydrogens is 194 g/mol. The van der Waals surface area contributed by atoms with E-state index in [1.807, 2.05) is 0 Å². The third-order valence-electron chi connectivity index (χ3n) is 3.60. The molecule has 2 fully saturated rings. The van der Waals surface area contributed by atoms with Crippen LogP contribution in [-0.2, 0) is 9.59 Å². The number of hydrogen-bond acceptors (Lipinski definition) is 2. The van der Waals surface area contributed by atoms with Crippen molar-refractivity contribution in [3.05, 3.63) is 12.7 Å².